The number of carbonyl (C=O) groups is 2. The van der Waals surface area contributed by atoms with Gasteiger partial charge in [-0.3, -0.25) is 18.6 Å². The summed E-state index contributed by atoms with van der Waals surface area (Å²) in [6.45, 7) is 3.80. The number of allylic oxidation sites excluding steroid dienone is 6. The Balaban J connectivity index is 3.73. The largest absolute Gasteiger partial charge is 0.472 e. The number of esters is 2. The SMILES string of the molecule is CCCCCCC/C=C\C/C=C\CCCCCCCCCCCCCC(=O)OC(COC(=O)CCCCCCCCCCCCCCCCCCCCCCCCCCCCCCC/C=C\CCCCCCCCCC)COP(=O)(O)OCCN. The number of ether oxygens (including phenoxy) is 2. The predicted octanol–water partition coefficient (Wildman–Crippen LogP) is 24.6. The molecule has 0 rings (SSSR count). The first-order valence-electron chi connectivity index (χ1n) is 37.5. The standard InChI is InChI=1S/C75H144NO8P/c1-3-5-7-9-11-13-15-17-19-21-23-25-27-28-29-30-31-32-33-34-35-36-37-38-39-40-41-42-43-44-46-47-49-51-53-55-57-59-61-63-65-67-74(77)81-71-73(72-83-85(79,80)82-70-69-76)84-75(78)68-66-64-62-60-58-56-54-52-50-48-45-26-24-22-20-18-16-14-12-10-8-6-4-2/h16,18,21-24,73H,3-15,17,19-20,25-72,76H2,1-2H3,(H,79,80)/b18-16-,23-21-,24-22-. The molecule has 0 saturated heterocycles. The highest BCUT2D eigenvalue weighted by Crippen LogP contribution is 2.43. The van der Waals surface area contributed by atoms with E-state index < -0.39 is 26.5 Å². The Morgan fingerprint density at radius 1 is 0.353 bits per heavy atom. The molecule has 0 saturated carbocycles. The normalized spacial score (nSPS) is 13.0. The first-order valence-corrected chi connectivity index (χ1v) is 39.0. The molecular formula is C75H144NO8P. The Labute approximate surface area is 528 Å². The van der Waals surface area contributed by atoms with Crippen LogP contribution in [0.5, 0.6) is 0 Å². The van der Waals surface area contributed by atoms with Crippen LogP contribution in [-0.4, -0.2) is 49.3 Å². The summed E-state index contributed by atoms with van der Waals surface area (Å²) in [6, 6.07) is 0. The van der Waals surface area contributed by atoms with Crippen molar-refractivity contribution >= 4 is 19.8 Å². The van der Waals surface area contributed by atoms with Crippen LogP contribution in [0.25, 0.3) is 0 Å². The second-order valence-corrected chi connectivity index (χ2v) is 27.0. The molecule has 2 unspecified atom stereocenters. The molecule has 10 heteroatoms. The van der Waals surface area contributed by atoms with Gasteiger partial charge >= 0.3 is 19.8 Å². The van der Waals surface area contributed by atoms with Gasteiger partial charge in [-0.15, -0.1) is 0 Å². The lowest BCUT2D eigenvalue weighted by atomic mass is 10.0. The number of hydrogen-bond donors (Lipinski definition) is 2. The van der Waals surface area contributed by atoms with Gasteiger partial charge in [0.1, 0.15) is 6.61 Å². The maximum absolute atomic E-state index is 12.8. The Morgan fingerprint density at radius 2 is 0.612 bits per heavy atom. The third kappa shape index (κ3) is 71.2. The number of unbranched alkanes of at least 4 members (excludes halogenated alkanes) is 53. The molecule has 0 aliphatic rings. The van der Waals surface area contributed by atoms with Crippen LogP contribution in [0.15, 0.2) is 36.5 Å². The van der Waals surface area contributed by atoms with E-state index >= 15 is 0 Å². The van der Waals surface area contributed by atoms with Gasteiger partial charge < -0.3 is 20.1 Å². The maximum Gasteiger partial charge on any atom is 0.472 e. The number of phosphoric ester groups is 1. The van der Waals surface area contributed by atoms with Crippen molar-refractivity contribution in [1.82, 2.24) is 0 Å². The van der Waals surface area contributed by atoms with E-state index in [0.29, 0.717) is 6.42 Å². The van der Waals surface area contributed by atoms with Crippen LogP contribution in [0.2, 0.25) is 0 Å². The van der Waals surface area contributed by atoms with E-state index in [2.05, 4.69) is 50.3 Å². The van der Waals surface area contributed by atoms with E-state index in [-0.39, 0.29) is 38.6 Å². The zero-order valence-corrected chi connectivity index (χ0v) is 57.5. The van der Waals surface area contributed by atoms with Gasteiger partial charge in [-0.2, -0.15) is 0 Å². The molecule has 0 aromatic heterocycles. The summed E-state index contributed by atoms with van der Waals surface area (Å²) in [5.74, 6) is -0.809. The summed E-state index contributed by atoms with van der Waals surface area (Å²) in [7, 11) is -4.39. The highest BCUT2D eigenvalue weighted by Gasteiger charge is 2.26. The minimum Gasteiger partial charge on any atom is -0.462 e. The zero-order chi connectivity index (χ0) is 61.6. The molecule has 0 aromatic carbocycles. The van der Waals surface area contributed by atoms with Crippen molar-refractivity contribution < 1.29 is 37.6 Å². The van der Waals surface area contributed by atoms with Crippen LogP contribution in [0.1, 0.15) is 399 Å². The Kier molecular flexibility index (Phi) is 69.8. The first-order chi connectivity index (χ1) is 41.8. The minimum atomic E-state index is -4.39. The van der Waals surface area contributed by atoms with Crippen molar-refractivity contribution in [1.29, 1.82) is 0 Å². The van der Waals surface area contributed by atoms with E-state index in [0.717, 1.165) is 44.9 Å². The third-order valence-corrected chi connectivity index (χ3v) is 18.0. The van der Waals surface area contributed by atoms with Gasteiger partial charge in [-0.25, -0.2) is 4.57 Å². The number of phosphoric acid groups is 1. The lowest BCUT2D eigenvalue weighted by molar-refractivity contribution is -0.161. The van der Waals surface area contributed by atoms with Crippen molar-refractivity contribution in [2.45, 2.75) is 405 Å². The maximum atomic E-state index is 12.8. The molecule has 0 aliphatic heterocycles. The summed E-state index contributed by atoms with van der Waals surface area (Å²) in [5.41, 5.74) is 5.40. The molecule has 0 spiro atoms. The molecule has 2 atom stereocenters. The smallest absolute Gasteiger partial charge is 0.462 e. The summed E-state index contributed by atoms with van der Waals surface area (Å²) in [5, 5.41) is 0. The van der Waals surface area contributed by atoms with Crippen molar-refractivity contribution in [2.24, 2.45) is 5.73 Å². The fourth-order valence-electron chi connectivity index (χ4n) is 11.4. The summed E-state index contributed by atoms with van der Waals surface area (Å²) in [4.78, 5) is 35.4. The molecule has 0 aromatic rings. The van der Waals surface area contributed by atoms with Crippen molar-refractivity contribution in [2.75, 3.05) is 26.4 Å². The molecule has 0 radical (unpaired) electrons. The van der Waals surface area contributed by atoms with Crippen LogP contribution in [0, 0.1) is 0 Å². The topological polar surface area (TPSA) is 134 Å². The predicted molar refractivity (Wildman–Crippen MR) is 367 cm³/mol. The van der Waals surface area contributed by atoms with E-state index in [1.807, 2.05) is 0 Å². The van der Waals surface area contributed by atoms with Gasteiger partial charge in [0.05, 0.1) is 13.2 Å². The van der Waals surface area contributed by atoms with E-state index in [4.69, 9.17) is 24.3 Å². The molecule has 0 bridgehead atoms. The Bertz CT molecular complexity index is 1490. The van der Waals surface area contributed by atoms with Gasteiger partial charge in [0.15, 0.2) is 6.10 Å². The lowest BCUT2D eigenvalue weighted by Gasteiger charge is -2.19. The molecule has 0 aliphatic carbocycles. The quantitative estimate of drug-likeness (QED) is 0.0264. The molecule has 502 valence electrons. The Hall–Kier alpha value is -1.77. The van der Waals surface area contributed by atoms with Gasteiger partial charge in [0, 0.05) is 19.4 Å². The van der Waals surface area contributed by atoms with E-state index in [1.165, 1.54) is 321 Å². The zero-order valence-electron chi connectivity index (χ0n) is 56.6. The summed E-state index contributed by atoms with van der Waals surface area (Å²) < 4.78 is 33.2. The molecule has 9 nitrogen and oxygen atoms in total. The highest BCUT2D eigenvalue weighted by molar-refractivity contribution is 7.47. The van der Waals surface area contributed by atoms with Crippen molar-refractivity contribution in [3.63, 3.8) is 0 Å². The van der Waals surface area contributed by atoms with Crippen LogP contribution in [0.3, 0.4) is 0 Å². The van der Waals surface area contributed by atoms with Crippen LogP contribution < -0.4 is 5.73 Å². The fourth-order valence-corrected chi connectivity index (χ4v) is 12.2. The van der Waals surface area contributed by atoms with Gasteiger partial charge in [0.2, 0.25) is 0 Å². The second kappa shape index (κ2) is 71.3. The van der Waals surface area contributed by atoms with Crippen molar-refractivity contribution in [3.8, 4) is 0 Å². The molecule has 3 N–H and O–H groups in total. The fraction of sp³-hybridized carbons (Fsp3) is 0.893. The molecule has 0 fully saturated rings. The van der Waals surface area contributed by atoms with Gasteiger partial charge in [-0.1, -0.05) is 352 Å². The molecule has 85 heavy (non-hydrogen) atoms. The lowest BCUT2D eigenvalue weighted by Crippen LogP contribution is -2.29. The van der Waals surface area contributed by atoms with Gasteiger partial charge in [0.25, 0.3) is 0 Å². The number of carbonyl (C=O) groups excluding carboxylic acids is 2. The molecule has 0 heterocycles. The van der Waals surface area contributed by atoms with Crippen molar-refractivity contribution in [3.05, 3.63) is 36.5 Å². The van der Waals surface area contributed by atoms with E-state index in [1.54, 1.807) is 0 Å². The third-order valence-electron chi connectivity index (χ3n) is 17.0. The average Bonchev–Trinajstić information content (AvgIpc) is 3.52. The molecule has 0 amide bonds. The van der Waals surface area contributed by atoms with Gasteiger partial charge in [-0.05, 0) is 70.6 Å². The summed E-state index contributed by atoms with van der Waals surface area (Å²) in [6.07, 6.45) is 89.9. The Morgan fingerprint density at radius 3 is 0.906 bits per heavy atom. The second-order valence-electron chi connectivity index (χ2n) is 25.5. The minimum absolute atomic E-state index is 0.0551. The number of hydrogen-bond acceptors (Lipinski definition) is 8. The number of nitrogens with two attached hydrogens (primary N) is 1. The average molecular weight is 1220 g/mol. The van der Waals surface area contributed by atoms with E-state index in [9.17, 15) is 19.0 Å². The van der Waals surface area contributed by atoms with Crippen LogP contribution in [0.4, 0.5) is 0 Å². The number of rotatable bonds is 72. The molecular weight excluding hydrogens is 1070 g/mol. The van der Waals surface area contributed by atoms with Crippen LogP contribution in [-0.2, 0) is 32.7 Å². The monoisotopic (exact) mass is 1220 g/mol. The summed E-state index contributed by atoms with van der Waals surface area (Å²) >= 11 is 0. The van der Waals surface area contributed by atoms with Crippen LogP contribution >= 0.6 is 7.82 Å². The first kappa shape index (κ1) is 83.2. The highest BCUT2D eigenvalue weighted by atomic mass is 31.2.